The summed E-state index contributed by atoms with van der Waals surface area (Å²) in [4.78, 5) is 35.8. The number of rotatable bonds is 8. The molecule has 0 aliphatic heterocycles. The zero-order valence-electron chi connectivity index (χ0n) is 19.0. The van der Waals surface area contributed by atoms with E-state index < -0.39 is 18.0 Å². The van der Waals surface area contributed by atoms with Crippen LogP contribution in [0.25, 0.3) is 11.1 Å². The largest absolute Gasteiger partial charge is 0.497 e. The van der Waals surface area contributed by atoms with Crippen molar-refractivity contribution >= 4 is 23.7 Å². The van der Waals surface area contributed by atoms with Gasteiger partial charge < -0.3 is 25.2 Å². The van der Waals surface area contributed by atoms with Gasteiger partial charge in [0.25, 0.3) is 0 Å². The Labute approximate surface area is 202 Å². The van der Waals surface area contributed by atoms with Crippen molar-refractivity contribution in [1.82, 2.24) is 5.32 Å². The van der Waals surface area contributed by atoms with Crippen molar-refractivity contribution in [2.75, 3.05) is 25.6 Å². The van der Waals surface area contributed by atoms with Crippen molar-refractivity contribution in [2.45, 2.75) is 5.92 Å². The lowest BCUT2D eigenvalue weighted by molar-refractivity contribution is -0.111. The molecule has 8 nitrogen and oxygen atoms in total. The smallest absolute Gasteiger partial charge is 0.407 e. The molecule has 3 aromatic carbocycles. The van der Waals surface area contributed by atoms with E-state index >= 15 is 0 Å². The summed E-state index contributed by atoms with van der Waals surface area (Å²) in [5.41, 5.74) is 4.58. The zero-order chi connectivity index (χ0) is 24.8. The third kappa shape index (κ3) is 5.33. The summed E-state index contributed by atoms with van der Waals surface area (Å²) in [6.07, 6.45) is 2.05. The van der Waals surface area contributed by atoms with Crippen LogP contribution in [-0.4, -0.2) is 43.3 Å². The van der Waals surface area contributed by atoms with Crippen LogP contribution < -0.4 is 15.4 Å². The molecule has 0 atom stereocenters. The quantitative estimate of drug-likeness (QED) is 0.418. The monoisotopic (exact) mass is 472 g/mol. The standard InChI is InChI=1S/C27H24N2O6/c1-34-17-12-13-22(26(31)32)24(15-17)29-25(30)11-6-14-28-27(33)35-16-23-20-9-4-2-7-18(20)19-8-3-5-10-21(19)23/h2-13,15,23H,14,16H2,1H3,(H,28,33)(H,29,30)(H,31,32)/b11-6+. The molecule has 1 aliphatic carbocycles. The molecule has 0 saturated carbocycles. The highest BCUT2D eigenvalue weighted by atomic mass is 16.5. The Morgan fingerprint density at radius 1 is 0.971 bits per heavy atom. The van der Waals surface area contributed by atoms with E-state index in [1.54, 1.807) is 0 Å². The van der Waals surface area contributed by atoms with Crippen LogP contribution in [0.5, 0.6) is 5.75 Å². The fourth-order valence-corrected chi connectivity index (χ4v) is 4.07. The molecule has 178 valence electrons. The maximum atomic E-state index is 12.2. The number of hydrogen-bond donors (Lipinski definition) is 3. The van der Waals surface area contributed by atoms with Gasteiger partial charge in [-0.05, 0) is 34.4 Å². The van der Waals surface area contributed by atoms with E-state index in [-0.39, 0.29) is 30.3 Å². The first-order chi connectivity index (χ1) is 17.0. The van der Waals surface area contributed by atoms with E-state index in [2.05, 4.69) is 22.8 Å². The van der Waals surface area contributed by atoms with Gasteiger partial charge in [-0.3, -0.25) is 4.79 Å². The van der Waals surface area contributed by atoms with Gasteiger partial charge in [0.2, 0.25) is 5.91 Å². The van der Waals surface area contributed by atoms with E-state index in [1.165, 1.54) is 37.5 Å². The highest BCUT2D eigenvalue weighted by molar-refractivity contribution is 6.04. The maximum absolute atomic E-state index is 12.2. The van der Waals surface area contributed by atoms with Crippen LogP contribution in [0.3, 0.4) is 0 Å². The number of aromatic carboxylic acids is 1. The van der Waals surface area contributed by atoms with Crippen LogP contribution in [0, 0.1) is 0 Å². The number of alkyl carbamates (subject to hydrolysis) is 1. The van der Waals surface area contributed by atoms with Gasteiger partial charge in [-0.2, -0.15) is 0 Å². The summed E-state index contributed by atoms with van der Waals surface area (Å²) >= 11 is 0. The topological polar surface area (TPSA) is 114 Å². The van der Waals surface area contributed by atoms with Gasteiger partial charge in [0.1, 0.15) is 12.4 Å². The van der Waals surface area contributed by atoms with Crippen LogP contribution in [0.1, 0.15) is 27.4 Å². The minimum Gasteiger partial charge on any atom is -0.497 e. The van der Waals surface area contributed by atoms with Crippen molar-refractivity contribution in [3.05, 3.63) is 95.6 Å². The molecule has 8 heteroatoms. The Kier molecular flexibility index (Phi) is 7.11. The molecule has 0 radical (unpaired) electrons. The summed E-state index contributed by atoms with van der Waals surface area (Å²) in [7, 11) is 1.44. The second-order valence-corrected chi connectivity index (χ2v) is 7.81. The second-order valence-electron chi connectivity index (χ2n) is 7.81. The molecular weight excluding hydrogens is 448 g/mol. The summed E-state index contributed by atoms with van der Waals surface area (Å²) in [5, 5.41) is 14.4. The predicted octanol–water partition coefficient (Wildman–Crippen LogP) is 4.43. The fourth-order valence-electron chi connectivity index (χ4n) is 4.07. The molecule has 3 N–H and O–H groups in total. The highest BCUT2D eigenvalue weighted by Gasteiger charge is 2.28. The average Bonchev–Trinajstić information content (AvgIpc) is 3.19. The molecule has 3 aromatic rings. The van der Waals surface area contributed by atoms with Crippen molar-refractivity contribution < 1.29 is 29.0 Å². The van der Waals surface area contributed by atoms with Crippen LogP contribution in [-0.2, 0) is 9.53 Å². The molecule has 0 heterocycles. The maximum Gasteiger partial charge on any atom is 0.407 e. The average molecular weight is 472 g/mol. The third-order valence-electron chi connectivity index (χ3n) is 5.69. The summed E-state index contributed by atoms with van der Waals surface area (Å²) in [5.74, 6) is -1.36. The van der Waals surface area contributed by atoms with Gasteiger partial charge in [0.05, 0.1) is 18.4 Å². The number of carboxylic acids is 1. The number of amides is 2. The van der Waals surface area contributed by atoms with Gasteiger partial charge in [0, 0.05) is 24.6 Å². The minimum atomic E-state index is -1.18. The minimum absolute atomic E-state index is 0.0410. The Morgan fingerprint density at radius 2 is 1.63 bits per heavy atom. The lowest BCUT2D eigenvalue weighted by Gasteiger charge is -2.14. The van der Waals surface area contributed by atoms with Gasteiger partial charge >= 0.3 is 12.1 Å². The molecule has 0 bridgehead atoms. The molecule has 1 aliphatic rings. The lowest BCUT2D eigenvalue weighted by atomic mass is 9.98. The van der Waals surface area contributed by atoms with Crippen molar-refractivity contribution in [3.63, 3.8) is 0 Å². The van der Waals surface area contributed by atoms with Gasteiger partial charge in [-0.25, -0.2) is 9.59 Å². The van der Waals surface area contributed by atoms with E-state index in [0.29, 0.717) is 5.75 Å². The molecule has 0 unspecified atom stereocenters. The number of nitrogens with one attached hydrogen (secondary N) is 2. The number of ether oxygens (including phenoxy) is 2. The third-order valence-corrected chi connectivity index (χ3v) is 5.69. The van der Waals surface area contributed by atoms with E-state index in [4.69, 9.17) is 9.47 Å². The normalized spacial score (nSPS) is 12.0. The van der Waals surface area contributed by atoms with Crippen molar-refractivity contribution in [3.8, 4) is 16.9 Å². The number of benzene rings is 3. The van der Waals surface area contributed by atoms with Gasteiger partial charge in [-0.1, -0.05) is 54.6 Å². The predicted molar refractivity (Wildman–Crippen MR) is 131 cm³/mol. The van der Waals surface area contributed by atoms with E-state index in [1.807, 2.05) is 36.4 Å². The number of fused-ring (bicyclic) bond motifs is 3. The first-order valence-electron chi connectivity index (χ1n) is 11.0. The molecule has 0 spiro atoms. The van der Waals surface area contributed by atoms with Crippen LogP contribution >= 0.6 is 0 Å². The Morgan fingerprint density at radius 3 is 2.26 bits per heavy atom. The first-order valence-corrected chi connectivity index (χ1v) is 11.0. The van der Waals surface area contributed by atoms with Crippen LogP contribution in [0.2, 0.25) is 0 Å². The molecule has 2 amide bonds. The summed E-state index contributed by atoms with van der Waals surface area (Å²) in [6.45, 7) is 0.256. The van der Waals surface area contributed by atoms with Crippen LogP contribution in [0.4, 0.5) is 10.5 Å². The van der Waals surface area contributed by atoms with E-state index in [9.17, 15) is 19.5 Å². The number of hydrogen-bond acceptors (Lipinski definition) is 5. The van der Waals surface area contributed by atoms with Gasteiger partial charge in [0.15, 0.2) is 0 Å². The SMILES string of the molecule is COc1ccc(C(=O)O)c(NC(=O)/C=C/CNC(=O)OCC2c3ccccc3-c3ccccc32)c1. The van der Waals surface area contributed by atoms with Gasteiger partial charge in [-0.15, -0.1) is 0 Å². The Bertz CT molecular complexity index is 1250. The van der Waals surface area contributed by atoms with E-state index in [0.717, 1.165) is 22.3 Å². The number of carboxylic acid groups (broad SMARTS) is 1. The molecular formula is C27H24N2O6. The molecule has 35 heavy (non-hydrogen) atoms. The molecule has 0 aromatic heterocycles. The number of anilines is 1. The Hall–Kier alpha value is -4.59. The molecule has 0 fully saturated rings. The Balaban J connectivity index is 1.28. The molecule has 0 saturated heterocycles. The zero-order valence-corrected chi connectivity index (χ0v) is 19.0. The summed E-state index contributed by atoms with van der Waals surface area (Å²) in [6, 6.07) is 20.4. The number of carbonyl (C=O) groups excluding carboxylic acids is 2. The van der Waals surface area contributed by atoms with Crippen molar-refractivity contribution in [1.29, 1.82) is 0 Å². The molecule has 4 rings (SSSR count). The number of methoxy groups -OCH3 is 1. The number of carbonyl (C=O) groups is 3. The van der Waals surface area contributed by atoms with Crippen LogP contribution in [0.15, 0.2) is 78.9 Å². The lowest BCUT2D eigenvalue weighted by Crippen LogP contribution is -2.26. The van der Waals surface area contributed by atoms with Crippen molar-refractivity contribution in [2.24, 2.45) is 0 Å². The first kappa shape index (κ1) is 23.6. The second kappa shape index (κ2) is 10.6. The highest BCUT2D eigenvalue weighted by Crippen LogP contribution is 2.44. The fraction of sp³-hybridized carbons (Fsp3) is 0.148. The summed E-state index contributed by atoms with van der Waals surface area (Å²) < 4.78 is 10.5.